The first-order chi connectivity index (χ1) is 9.84. The Bertz CT molecular complexity index is 391. The van der Waals surface area contributed by atoms with Crippen LogP contribution in [0.5, 0.6) is 0 Å². The fourth-order valence-electron chi connectivity index (χ4n) is 2.45. The summed E-state index contributed by atoms with van der Waals surface area (Å²) in [7, 11) is 0. The minimum absolute atomic E-state index is 0.112. The van der Waals surface area contributed by atoms with E-state index < -0.39 is 0 Å². The first-order valence-electron chi connectivity index (χ1n) is 7.56. The van der Waals surface area contributed by atoms with Gasteiger partial charge in [0.05, 0.1) is 0 Å². The molecule has 4 heteroatoms. The highest BCUT2D eigenvalue weighted by atomic mass is 32.2. The van der Waals surface area contributed by atoms with Crippen LogP contribution in [-0.4, -0.2) is 23.6 Å². The number of carbonyl (C=O) groups excluding carboxylic acids is 1. The number of anilines is 1. The van der Waals surface area contributed by atoms with Gasteiger partial charge in [-0.05, 0) is 37.1 Å². The van der Waals surface area contributed by atoms with Crippen LogP contribution >= 0.6 is 11.8 Å². The molecule has 0 spiro atoms. The van der Waals surface area contributed by atoms with Gasteiger partial charge >= 0.3 is 6.03 Å². The van der Waals surface area contributed by atoms with E-state index >= 15 is 0 Å². The molecule has 0 atom stereocenters. The van der Waals surface area contributed by atoms with E-state index in [-0.39, 0.29) is 6.03 Å². The van der Waals surface area contributed by atoms with Crippen molar-refractivity contribution >= 4 is 23.5 Å². The fraction of sp³-hybridized carbons (Fsp3) is 0.562. The Labute approximate surface area is 125 Å². The minimum atomic E-state index is -0.112. The van der Waals surface area contributed by atoms with E-state index in [1.165, 1.54) is 32.1 Å². The summed E-state index contributed by atoms with van der Waals surface area (Å²) < 4.78 is 0. The number of thioether (sulfide) groups is 1. The van der Waals surface area contributed by atoms with Crippen LogP contribution in [0.25, 0.3) is 0 Å². The van der Waals surface area contributed by atoms with Gasteiger partial charge in [0, 0.05) is 17.5 Å². The third-order valence-corrected chi connectivity index (χ3v) is 5.01. The van der Waals surface area contributed by atoms with Gasteiger partial charge in [-0.1, -0.05) is 37.5 Å². The van der Waals surface area contributed by atoms with Crippen LogP contribution in [-0.2, 0) is 0 Å². The third kappa shape index (κ3) is 5.87. The number of carbonyl (C=O) groups is 1. The van der Waals surface area contributed by atoms with Crippen molar-refractivity contribution in [1.29, 1.82) is 0 Å². The van der Waals surface area contributed by atoms with Crippen molar-refractivity contribution in [2.45, 2.75) is 43.8 Å². The van der Waals surface area contributed by atoms with Crippen LogP contribution < -0.4 is 10.6 Å². The van der Waals surface area contributed by atoms with Gasteiger partial charge in [-0.15, -0.1) is 0 Å². The van der Waals surface area contributed by atoms with E-state index in [9.17, 15) is 4.79 Å². The highest BCUT2D eigenvalue weighted by molar-refractivity contribution is 7.99. The predicted molar refractivity (Wildman–Crippen MR) is 87.4 cm³/mol. The maximum absolute atomic E-state index is 11.6. The van der Waals surface area contributed by atoms with Crippen molar-refractivity contribution < 1.29 is 4.79 Å². The molecule has 110 valence electrons. The highest BCUT2D eigenvalue weighted by Gasteiger charge is 2.12. The molecule has 1 aliphatic carbocycles. The summed E-state index contributed by atoms with van der Waals surface area (Å²) in [5.41, 5.74) is 0.835. The summed E-state index contributed by atoms with van der Waals surface area (Å²) in [5, 5.41) is 6.59. The second-order valence-corrected chi connectivity index (χ2v) is 6.64. The molecule has 2 rings (SSSR count). The molecule has 1 fully saturated rings. The Kier molecular flexibility index (Phi) is 6.78. The molecule has 2 N–H and O–H groups in total. The number of rotatable bonds is 6. The quantitative estimate of drug-likeness (QED) is 0.769. The lowest BCUT2D eigenvalue weighted by Gasteiger charge is -2.20. The number of hydrogen-bond acceptors (Lipinski definition) is 2. The van der Waals surface area contributed by atoms with Crippen LogP contribution in [0.2, 0.25) is 0 Å². The van der Waals surface area contributed by atoms with Crippen molar-refractivity contribution in [1.82, 2.24) is 5.32 Å². The number of urea groups is 1. The molecule has 1 aromatic carbocycles. The van der Waals surface area contributed by atoms with Gasteiger partial charge in [-0.25, -0.2) is 4.79 Å². The van der Waals surface area contributed by atoms with Gasteiger partial charge in [-0.2, -0.15) is 11.8 Å². The fourth-order valence-corrected chi connectivity index (χ4v) is 3.76. The van der Waals surface area contributed by atoms with E-state index in [0.717, 1.165) is 29.7 Å². The highest BCUT2D eigenvalue weighted by Crippen LogP contribution is 2.28. The molecule has 20 heavy (non-hydrogen) atoms. The molecule has 1 aromatic rings. The zero-order chi connectivity index (χ0) is 14.0. The van der Waals surface area contributed by atoms with Crippen LogP contribution in [0, 0.1) is 0 Å². The standard InChI is InChI=1S/C16H24N2OS/c19-16(18-14-8-3-1-4-9-14)17-12-7-13-20-15-10-5-2-6-11-15/h1,3-4,8-9,15H,2,5-7,10-13H2,(H2,17,18,19). The van der Waals surface area contributed by atoms with Crippen LogP contribution in [0.3, 0.4) is 0 Å². The number of para-hydroxylation sites is 1. The van der Waals surface area contributed by atoms with Gasteiger partial charge in [0.25, 0.3) is 0 Å². The molecule has 1 saturated carbocycles. The van der Waals surface area contributed by atoms with E-state index in [2.05, 4.69) is 22.4 Å². The number of nitrogens with one attached hydrogen (secondary N) is 2. The van der Waals surface area contributed by atoms with Crippen LogP contribution in [0.4, 0.5) is 10.5 Å². The second-order valence-electron chi connectivity index (χ2n) is 5.23. The lowest BCUT2D eigenvalue weighted by Crippen LogP contribution is -2.29. The SMILES string of the molecule is O=C(NCCCSC1CCCCC1)Nc1ccccc1. The van der Waals surface area contributed by atoms with E-state index in [1.807, 2.05) is 30.3 Å². The maximum Gasteiger partial charge on any atom is 0.319 e. The van der Waals surface area contributed by atoms with Crippen molar-refractivity contribution in [2.24, 2.45) is 0 Å². The minimum Gasteiger partial charge on any atom is -0.338 e. The summed E-state index contributed by atoms with van der Waals surface area (Å²) in [4.78, 5) is 11.6. The molecular formula is C16H24N2OS. The second kappa shape index (κ2) is 8.90. The molecule has 0 saturated heterocycles. The van der Waals surface area contributed by atoms with Gasteiger partial charge < -0.3 is 10.6 Å². The summed E-state index contributed by atoms with van der Waals surface area (Å²) in [6.07, 6.45) is 8.02. The molecule has 0 aliphatic heterocycles. The Balaban J connectivity index is 1.51. The monoisotopic (exact) mass is 292 g/mol. The van der Waals surface area contributed by atoms with Crippen molar-refractivity contribution in [3.63, 3.8) is 0 Å². The van der Waals surface area contributed by atoms with Crippen LogP contribution in [0.1, 0.15) is 38.5 Å². The topological polar surface area (TPSA) is 41.1 Å². The Morgan fingerprint density at radius 2 is 1.90 bits per heavy atom. The molecule has 0 heterocycles. The molecule has 0 radical (unpaired) electrons. The van der Waals surface area contributed by atoms with E-state index in [0.29, 0.717) is 0 Å². The molecule has 1 aliphatic rings. The number of amides is 2. The average Bonchev–Trinajstić information content (AvgIpc) is 2.49. The number of hydrogen-bond donors (Lipinski definition) is 2. The van der Waals surface area contributed by atoms with Gasteiger partial charge in [0.1, 0.15) is 0 Å². The maximum atomic E-state index is 11.6. The van der Waals surface area contributed by atoms with E-state index in [1.54, 1.807) is 0 Å². The van der Waals surface area contributed by atoms with Crippen molar-refractivity contribution in [2.75, 3.05) is 17.6 Å². The predicted octanol–water partition coefficient (Wildman–Crippen LogP) is 4.26. The molecule has 2 amide bonds. The zero-order valence-corrected chi connectivity index (χ0v) is 12.8. The van der Waals surface area contributed by atoms with Gasteiger partial charge in [0.15, 0.2) is 0 Å². The van der Waals surface area contributed by atoms with Crippen molar-refractivity contribution in [3.05, 3.63) is 30.3 Å². The average molecular weight is 292 g/mol. The smallest absolute Gasteiger partial charge is 0.319 e. The van der Waals surface area contributed by atoms with Crippen LogP contribution in [0.15, 0.2) is 30.3 Å². The first-order valence-corrected chi connectivity index (χ1v) is 8.61. The van der Waals surface area contributed by atoms with Crippen molar-refractivity contribution in [3.8, 4) is 0 Å². The largest absolute Gasteiger partial charge is 0.338 e. The zero-order valence-electron chi connectivity index (χ0n) is 11.9. The Morgan fingerprint density at radius 1 is 1.15 bits per heavy atom. The third-order valence-electron chi connectivity index (χ3n) is 3.54. The lowest BCUT2D eigenvalue weighted by molar-refractivity contribution is 0.252. The van der Waals surface area contributed by atoms with Gasteiger partial charge in [0.2, 0.25) is 0 Å². The normalized spacial score (nSPS) is 15.8. The first kappa shape index (κ1) is 15.2. The van der Waals surface area contributed by atoms with E-state index in [4.69, 9.17) is 0 Å². The molecule has 0 aromatic heterocycles. The summed E-state index contributed by atoms with van der Waals surface area (Å²) in [6, 6.07) is 9.42. The Hall–Kier alpha value is -1.16. The molecule has 0 bridgehead atoms. The van der Waals surface area contributed by atoms with Gasteiger partial charge in [-0.3, -0.25) is 0 Å². The summed E-state index contributed by atoms with van der Waals surface area (Å²) in [5.74, 6) is 1.15. The molecular weight excluding hydrogens is 268 g/mol. The lowest BCUT2D eigenvalue weighted by atomic mass is 10.0. The summed E-state index contributed by atoms with van der Waals surface area (Å²) >= 11 is 2.08. The molecule has 3 nitrogen and oxygen atoms in total. The number of benzene rings is 1. The molecule has 0 unspecified atom stereocenters. The Morgan fingerprint density at radius 3 is 2.65 bits per heavy atom. The summed E-state index contributed by atoms with van der Waals surface area (Å²) in [6.45, 7) is 0.748.